The lowest BCUT2D eigenvalue weighted by atomic mass is 9.95. The average Bonchev–Trinajstić information content (AvgIpc) is 2.93. The van der Waals surface area contributed by atoms with Crippen molar-refractivity contribution in [3.05, 3.63) is 42.5 Å². The van der Waals surface area contributed by atoms with Crippen molar-refractivity contribution < 1.29 is 0 Å². The summed E-state index contributed by atoms with van der Waals surface area (Å²) in [5.41, 5.74) is 2.29. The Balaban J connectivity index is 1.65. The summed E-state index contributed by atoms with van der Waals surface area (Å²) in [6.07, 6.45) is 11.5. The maximum absolute atomic E-state index is 4.42. The van der Waals surface area contributed by atoms with Crippen LogP contribution in [0.15, 0.2) is 31.1 Å². The van der Waals surface area contributed by atoms with E-state index in [9.17, 15) is 0 Å². The quantitative estimate of drug-likeness (QED) is 0.889. The lowest BCUT2D eigenvalue weighted by molar-refractivity contribution is 0.196. The highest BCUT2D eigenvalue weighted by Gasteiger charge is 2.22. The Morgan fingerprint density at radius 1 is 1.28 bits per heavy atom. The molecule has 5 heteroatoms. The van der Waals surface area contributed by atoms with Crippen LogP contribution in [0.25, 0.3) is 0 Å². The Labute approximate surface area is 106 Å². The molecule has 0 unspecified atom stereocenters. The van der Waals surface area contributed by atoms with Gasteiger partial charge in [0.05, 0.1) is 12.0 Å². The number of aromatic nitrogens is 4. The number of likely N-dealkylation sites (tertiary alicyclic amines) is 1. The summed E-state index contributed by atoms with van der Waals surface area (Å²) in [7, 11) is 0. The molecule has 5 nitrogen and oxygen atoms in total. The molecule has 1 fully saturated rings. The smallest absolute Gasteiger partial charge is 0.0922 e. The van der Waals surface area contributed by atoms with E-state index in [2.05, 4.69) is 24.8 Å². The van der Waals surface area contributed by atoms with E-state index < -0.39 is 0 Å². The van der Waals surface area contributed by atoms with Gasteiger partial charge in [0, 0.05) is 49.5 Å². The Morgan fingerprint density at radius 3 is 3.06 bits per heavy atom. The normalized spacial score (nSPS) is 21.0. The molecule has 0 spiro atoms. The van der Waals surface area contributed by atoms with Gasteiger partial charge in [0.2, 0.25) is 0 Å². The molecule has 1 atom stereocenters. The summed E-state index contributed by atoms with van der Waals surface area (Å²) >= 11 is 0. The van der Waals surface area contributed by atoms with E-state index in [4.69, 9.17) is 0 Å². The highest BCUT2D eigenvalue weighted by atomic mass is 15.1. The van der Waals surface area contributed by atoms with Crippen molar-refractivity contribution in [3.8, 4) is 0 Å². The van der Waals surface area contributed by atoms with Crippen LogP contribution in [0.2, 0.25) is 0 Å². The van der Waals surface area contributed by atoms with E-state index in [0.717, 1.165) is 25.3 Å². The number of rotatable bonds is 3. The molecule has 1 aliphatic heterocycles. The van der Waals surface area contributed by atoms with E-state index in [1.54, 1.807) is 18.7 Å². The fourth-order valence-corrected chi connectivity index (χ4v) is 2.57. The first-order chi connectivity index (χ1) is 8.92. The second-order valence-corrected chi connectivity index (χ2v) is 4.78. The lowest BCUT2D eigenvalue weighted by Gasteiger charge is -2.31. The number of piperidine rings is 1. The Morgan fingerprint density at radius 2 is 2.28 bits per heavy atom. The zero-order valence-corrected chi connectivity index (χ0v) is 10.3. The van der Waals surface area contributed by atoms with E-state index in [-0.39, 0.29) is 0 Å². The SMILES string of the molecule is c1cnc([C@@H]2CCCN(Cc3cnc[nH]3)C2)cn1. The van der Waals surface area contributed by atoms with Gasteiger partial charge < -0.3 is 4.98 Å². The van der Waals surface area contributed by atoms with Crippen LogP contribution in [-0.2, 0) is 6.54 Å². The molecule has 0 radical (unpaired) electrons. The van der Waals surface area contributed by atoms with Gasteiger partial charge in [-0.25, -0.2) is 4.98 Å². The van der Waals surface area contributed by atoms with Gasteiger partial charge in [-0.3, -0.25) is 14.9 Å². The number of hydrogen-bond acceptors (Lipinski definition) is 4. The summed E-state index contributed by atoms with van der Waals surface area (Å²) in [6, 6.07) is 0. The molecule has 1 saturated heterocycles. The standard InChI is InChI=1S/C13H17N5/c1-2-11(13-7-14-3-4-16-13)8-18(5-1)9-12-6-15-10-17-12/h3-4,6-7,10-11H,1-2,5,8-9H2,(H,15,17)/t11-/m1/s1. The van der Waals surface area contributed by atoms with Gasteiger partial charge in [-0.15, -0.1) is 0 Å². The zero-order valence-electron chi connectivity index (χ0n) is 10.3. The van der Waals surface area contributed by atoms with Crippen molar-refractivity contribution in [1.82, 2.24) is 24.8 Å². The first-order valence-electron chi connectivity index (χ1n) is 6.37. The van der Waals surface area contributed by atoms with Crippen LogP contribution in [0.4, 0.5) is 0 Å². The molecule has 0 aliphatic carbocycles. The van der Waals surface area contributed by atoms with Crippen molar-refractivity contribution in [2.75, 3.05) is 13.1 Å². The van der Waals surface area contributed by atoms with Gasteiger partial charge in [0.15, 0.2) is 0 Å². The number of nitrogens with one attached hydrogen (secondary N) is 1. The molecule has 2 aromatic heterocycles. The number of aromatic amines is 1. The third kappa shape index (κ3) is 2.56. The Hall–Kier alpha value is -1.75. The predicted octanol–water partition coefficient (Wildman–Crippen LogP) is 1.58. The highest BCUT2D eigenvalue weighted by molar-refractivity contribution is 5.06. The molecule has 0 aromatic carbocycles. The summed E-state index contributed by atoms with van der Waals surface area (Å²) in [4.78, 5) is 18.3. The molecule has 2 aromatic rings. The maximum atomic E-state index is 4.42. The molecule has 0 saturated carbocycles. The first kappa shape index (κ1) is 11.3. The van der Waals surface area contributed by atoms with Gasteiger partial charge in [0.1, 0.15) is 0 Å². The van der Waals surface area contributed by atoms with Crippen LogP contribution in [0, 0.1) is 0 Å². The second kappa shape index (κ2) is 5.27. The highest BCUT2D eigenvalue weighted by Crippen LogP contribution is 2.25. The van der Waals surface area contributed by atoms with Gasteiger partial charge >= 0.3 is 0 Å². The van der Waals surface area contributed by atoms with E-state index in [0.29, 0.717) is 5.92 Å². The minimum atomic E-state index is 0.510. The van der Waals surface area contributed by atoms with Crippen LogP contribution in [0.1, 0.15) is 30.1 Å². The summed E-state index contributed by atoms with van der Waals surface area (Å²) in [5.74, 6) is 0.510. The minimum absolute atomic E-state index is 0.510. The third-order valence-corrected chi connectivity index (χ3v) is 3.46. The maximum Gasteiger partial charge on any atom is 0.0922 e. The van der Waals surface area contributed by atoms with Crippen molar-refractivity contribution in [2.45, 2.75) is 25.3 Å². The van der Waals surface area contributed by atoms with E-state index >= 15 is 0 Å². The Bertz CT molecular complexity index is 467. The van der Waals surface area contributed by atoms with Crippen molar-refractivity contribution in [2.24, 2.45) is 0 Å². The molecule has 94 valence electrons. The van der Waals surface area contributed by atoms with Gasteiger partial charge in [-0.1, -0.05) is 0 Å². The van der Waals surface area contributed by atoms with E-state index in [1.807, 2.05) is 12.4 Å². The largest absolute Gasteiger partial charge is 0.347 e. The van der Waals surface area contributed by atoms with Crippen LogP contribution in [0.3, 0.4) is 0 Å². The lowest BCUT2D eigenvalue weighted by Crippen LogP contribution is -2.34. The third-order valence-electron chi connectivity index (χ3n) is 3.46. The summed E-state index contributed by atoms with van der Waals surface area (Å²) in [5, 5.41) is 0. The number of imidazole rings is 1. The van der Waals surface area contributed by atoms with Crippen molar-refractivity contribution >= 4 is 0 Å². The molecule has 3 rings (SSSR count). The number of hydrogen-bond donors (Lipinski definition) is 1. The molecular formula is C13H17N5. The molecule has 0 bridgehead atoms. The predicted molar refractivity (Wildman–Crippen MR) is 67.9 cm³/mol. The fraction of sp³-hybridized carbons (Fsp3) is 0.462. The second-order valence-electron chi connectivity index (χ2n) is 4.78. The molecular weight excluding hydrogens is 226 g/mol. The average molecular weight is 243 g/mol. The van der Waals surface area contributed by atoms with Crippen LogP contribution >= 0.6 is 0 Å². The van der Waals surface area contributed by atoms with Gasteiger partial charge in [-0.05, 0) is 19.4 Å². The first-order valence-corrected chi connectivity index (χ1v) is 6.37. The minimum Gasteiger partial charge on any atom is -0.347 e. The van der Waals surface area contributed by atoms with Crippen molar-refractivity contribution in [1.29, 1.82) is 0 Å². The van der Waals surface area contributed by atoms with Crippen molar-refractivity contribution in [3.63, 3.8) is 0 Å². The number of nitrogens with zero attached hydrogens (tertiary/aromatic N) is 4. The zero-order chi connectivity index (χ0) is 12.2. The summed E-state index contributed by atoms with van der Waals surface area (Å²) < 4.78 is 0. The van der Waals surface area contributed by atoms with Crippen LogP contribution in [0.5, 0.6) is 0 Å². The molecule has 1 N–H and O–H groups in total. The summed E-state index contributed by atoms with van der Waals surface area (Å²) in [6.45, 7) is 3.14. The molecule has 0 amide bonds. The Kier molecular flexibility index (Phi) is 3.32. The molecule has 18 heavy (non-hydrogen) atoms. The van der Waals surface area contributed by atoms with Crippen LogP contribution in [-0.4, -0.2) is 37.9 Å². The topological polar surface area (TPSA) is 57.7 Å². The number of H-pyrrole nitrogens is 1. The molecule has 3 heterocycles. The monoisotopic (exact) mass is 243 g/mol. The van der Waals surface area contributed by atoms with Crippen LogP contribution < -0.4 is 0 Å². The van der Waals surface area contributed by atoms with Gasteiger partial charge in [-0.2, -0.15) is 0 Å². The molecule has 1 aliphatic rings. The van der Waals surface area contributed by atoms with E-state index in [1.165, 1.54) is 18.5 Å². The van der Waals surface area contributed by atoms with Gasteiger partial charge in [0.25, 0.3) is 0 Å². The fourth-order valence-electron chi connectivity index (χ4n) is 2.57.